The average Bonchev–Trinajstić information content (AvgIpc) is 3.57. The van der Waals surface area contributed by atoms with Gasteiger partial charge in [-0.1, -0.05) is 12.1 Å². The highest BCUT2D eigenvalue weighted by Crippen LogP contribution is 2.35. The fourth-order valence-corrected chi connectivity index (χ4v) is 4.98. The van der Waals surface area contributed by atoms with Crippen molar-refractivity contribution in [2.75, 3.05) is 0 Å². The van der Waals surface area contributed by atoms with Crippen LogP contribution < -0.4 is 5.32 Å². The third kappa shape index (κ3) is 3.76. The molecule has 180 valence electrons. The maximum absolute atomic E-state index is 13.0. The van der Waals surface area contributed by atoms with Crippen LogP contribution in [-0.2, 0) is 29.7 Å². The number of piperidine rings is 1. The van der Waals surface area contributed by atoms with E-state index in [0.29, 0.717) is 25.1 Å². The number of aryl methyl sites for hydroxylation is 1. The van der Waals surface area contributed by atoms with Gasteiger partial charge in [-0.15, -0.1) is 0 Å². The minimum Gasteiger partial charge on any atom is -0.322 e. The van der Waals surface area contributed by atoms with Crippen LogP contribution in [-0.4, -0.2) is 53.2 Å². The lowest BCUT2D eigenvalue weighted by molar-refractivity contribution is -0.136. The molecule has 2 aliphatic rings. The van der Waals surface area contributed by atoms with E-state index in [1.165, 1.54) is 0 Å². The molecule has 0 unspecified atom stereocenters. The van der Waals surface area contributed by atoms with Crippen LogP contribution in [0.25, 0.3) is 22.4 Å². The van der Waals surface area contributed by atoms with Crippen LogP contribution >= 0.6 is 0 Å². The highest BCUT2D eigenvalue weighted by molar-refractivity contribution is 6.05. The normalized spacial score (nSPS) is 17.4. The fraction of sp³-hybridized carbons (Fsp3) is 0.231. The van der Waals surface area contributed by atoms with Crippen LogP contribution in [0.15, 0.2) is 61.3 Å². The minimum atomic E-state index is -0.634. The van der Waals surface area contributed by atoms with E-state index < -0.39 is 11.9 Å². The smallest absolute Gasteiger partial charge is 0.255 e. The molecule has 0 saturated carbocycles. The summed E-state index contributed by atoms with van der Waals surface area (Å²) < 4.78 is 3.68. The van der Waals surface area contributed by atoms with Gasteiger partial charge < -0.3 is 4.90 Å². The van der Waals surface area contributed by atoms with Crippen molar-refractivity contribution < 1.29 is 14.4 Å². The van der Waals surface area contributed by atoms with Crippen molar-refractivity contribution >= 4 is 17.7 Å². The summed E-state index contributed by atoms with van der Waals surface area (Å²) in [7, 11) is 1.89. The average molecular weight is 482 g/mol. The Morgan fingerprint density at radius 1 is 1.03 bits per heavy atom. The van der Waals surface area contributed by atoms with E-state index >= 15 is 0 Å². The first kappa shape index (κ1) is 21.9. The zero-order valence-corrected chi connectivity index (χ0v) is 19.6. The van der Waals surface area contributed by atoms with E-state index in [1.54, 1.807) is 11.1 Å². The largest absolute Gasteiger partial charge is 0.322 e. The van der Waals surface area contributed by atoms with Gasteiger partial charge in [-0.3, -0.25) is 34.0 Å². The van der Waals surface area contributed by atoms with E-state index in [2.05, 4.69) is 20.5 Å². The number of nitrogens with zero attached hydrogens (tertiary/aromatic N) is 6. The number of amides is 3. The van der Waals surface area contributed by atoms with Crippen molar-refractivity contribution in [3.05, 3.63) is 78.0 Å². The molecule has 1 saturated heterocycles. The summed E-state index contributed by atoms with van der Waals surface area (Å²) in [5, 5.41) is 11.3. The van der Waals surface area contributed by atoms with Crippen molar-refractivity contribution in [3.63, 3.8) is 0 Å². The lowest BCUT2D eigenvalue weighted by Gasteiger charge is -2.29. The summed E-state index contributed by atoms with van der Waals surface area (Å²) in [6.45, 7) is 0.936. The number of rotatable bonds is 5. The van der Waals surface area contributed by atoms with Crippen molar-refractivity contribution in [3.8, 4) is 22.4 Å². The van der Waals surface area contributed by atoms with Gasteiger partial charge in [0.15, 0.2) is 0 Å². The molecule has 3 amide bonds. The van der Waals surface area contributed by atoms with Crippen LogP contribution in [0.5, 0.6) is 0 Å². The fourth-order valence-electron chi connectivity index (χ4n) is 4.98. The summed E-state index contributed by atoms with van der Waals surface area (Å²) in [5.74, 6) is -0.893. The molecule has 36 heavy (non-hydrogen) atoms. The number of hydrogen-bond donors (Lipinski definition) is 1. The Bertz CT molecular complexity index is 1500. The van der Waals surface area contributed by atoms with Crippen molar-refractivity contribution in [2.24, 2.45) is 7.05 Å². The predicted molar refractivity (Wildman–Crippen MR) is 129 cm³/mol. The van der Waals surface area contributed by atoms with E-state index in [-0.39, 0.29) is 18.2 Å². The SMILES string of the molecule is Cn1ncc(-c2ccc3c(c2)CN([C@H]2CCC(=O)NC2=O)C3=O)c1-c1cnn(Cc2cccnc2)c1. The summed E-state index contributed by atoms with van der Waals surface area (Å²) >= 11 is 0. The third-order valence-electron chi connectivity index (χ3n) is 6.75. The van der Waals surface area contributed by atoms with Gasteiger partial charge in [-0.05, 0) is 41.3 Å². The first-order valence-electron chi connectivity index (χ1n) is 11.7. The number of imide groups is 1. The topological polar surface area (TPSA) is 115 Å². The molecular weight excluding hydrogens is 458 g/mol. The third-order valence-corrected chi connectivity index (χ3v) is 6.75. The van der Waals surface area contributed by atoms with E-state index in [9.17, 15) is 14.4 Å². The number of benzene rings is 1. The van der Waals surface area contributed by atoms with Crippen molar-refractivity contribution in [1.29, 1.82) is 0 Å². The monoisotopic (exact) mass is 481 g/mol. The van der Waals surface area contributed by atoms with Gasteiger partial charge in [0.05, 0.1) is 24.6 Å². The molecule has 1 atom stereocenters. The number of nitrogens with one attached hydrogen (secondary N) is 1. The molecule has 0 radical (unpaired) electrons. The second-order valence-corrected chi connectivity index (χ2v) is 9.09. The molecule has 1 fully saturated rings. The molecule has 0 bridgehead atoms. The lowest BCUT2D eigenvalue weighted by atomic mass is 9.99. The molecule has 3 aromatic heterocycles. The van der Waals surface area contributed by atoms with Crippen LogP contribution in [0.4, 0.5) is 0 Å². The minimum absolute atomic E-state index is 0.186. The molecule has 4 aromatic rings. The molecule has 1 N–H and O–H groups in total. The van der Waals surface area contributed by atoms with Gasteiger partial charge in [0.1, 0.15) is 6.04 Å². The molecule has 0 aliphatic carbocycles. The number of carbonyl (C=O) groups excluding carboxylic acids is 3. The van der Waals surface area contributed by atoms with E-state index in [4.69, 9.17) is 0 Å². The quantitative estimate of drug-likeness (QED) is 0.437. The Labute approximate surface area is 206 Å². The van der Waals surface area contributed by atoms with E-state index in [1.807, 2.05) is 71.5 Å². The molecule has 5 heterocycles. The number of pyridine rings is 1. The molecule has 2 aliphatic heterocycles. The van der Waals surface area contributed by atoms with Crippen LogP contribution in [0.1, 0.15) is 34.3 Å². The Kier molecular flexibility index (Phi) is 5.21. The highest BCUT2D eigenvalue weighted by atomic mass is 16.2. The molecule has 1 aromatic carbocycles. The van der Waals surface area contributed by atoms with Gasteiger partial charge in [-0.25, -0.2) is 0 Å². The molecule has 10 nitrogen and oxygen atoms in total. The maximum Gasteiger partial charge on any atom is 0.255 e. The standard InChI is InChI=1S/C26H23N7O3/c1-31-24(19-11-29-32(14-19)13-16-3-2-8-27-10-16)21(12-28-31)17-4-5-20-18(9-17)15-33(26(20)36)22-6-7-23(34)30-25(22)35/h2-5,8-12,14,22H,6-7,13,15H2,1H3,(H,30,34,35)/t22-/m0/s1. The predicted octanol–water partition coefficient (Wildman–Crippen LogP) is 2.15. The van der Waals surface area contributed by atoms with Crippen LogP contribution in [0, 0.1) is 0 Å². The van der Waals surface area contributed by atoms with Crippen LogP contribution in [0.3, 0.4) is 0 Å². The zero-order valence-electron chi connectivity index (χ0n) is 19.6. The van der Waals surface area contributed by atoms with Gasteiger partial charge in [-0.2, -0.15) is 10.2 Å². The second kappa shape index (κ2) is 8.56. The van der Waals surface area contributed by atoms with Crippen molar-refractivity contribution in [1.82, 2.24) is 34.8 Å². The second-order valence-electron chi connectivity index (χ2n) is 9.09. The maximum atomic E-state index is 13.0. The zero-order chi connectivity index (χ0) is 24.8. The number of aromatic nitrogens is 5. The summed E-state index contributed by atoms with van der Waals surface area (Å²) in [6.07, 6.45) is 9.75. The first-order chi connectivity index (χ1) is 17.5. The van der Waals surface area contributed by atoms with Gasteiger partial charge in [0, 0.05) is 55.3 Å². The molecule has 6 rings (SSSR count). The Hall–Kier alpha value is -4.60. The van der Waals surface area contributed by atoms with Gasteiger partial charge in [0.25, 0.3) is 5.91 Å². The molecule has 10 heteroatoms. The number of hydrogen-bond acceptors (Lipinski definition) is 6. The summed E-state index contributed by atoms with van der Waals surface area (Å²) in [4.78, 5) is 42.6. The number of carbonyl (C=O) groups is 3. The Morgan fingerprint density at radius 2 is 1.92 bits per heavy atom. The first-order valence-corrected chi connectivity index (χ1v) is 11.7. The lowest BCUT2D eigenvalue weighted by Crippen LogP contribution is -2.52. The van der Waals surface area contributed by atoms with Gasteiger partial charge in [0.2, 0.25) is 11.8 Å². The van der Waals surface area contributed by atoms with Gasteiger partial charge >= 0.3 is 0 Å². The highest BCUT2D eigenvalue weighted by Gasteiger charge is 2.39. The van der Waals surface area contributed by atoms with Crippen molar-refractivity contribution in [2.45, 2.75) is 32.0 Å². The molecular formula is C26H23N7O3. The number of fused-ring (bicyclic) bond motifs is 1. The van der Waals surface area contributed by atoms with E-state index in [0.717, 1.165) is 33.5 Å². The van der Waals surface area contributed by atoms with Crippen LogP contribution in [0.2, 0.25) is 0 Å². The Morgan fingerprint density at radius 3 is 2.72 bits per heavy atom. The molecule has 0 spiro atoms. The summed E-state index contributed by atoms with van der Waals surface area (Å²) in [5.41, 5.74) is 6.18. The summed E-state index contributed by atoms with van der Waals surface area (Å²) in [6, 6.07) is 8.98. The Balaban J connectivity index is 1.28.